The highest BCUT2D eigenvalue weighted by molar-refractivity contribution is 6.05. The van der Waals surface area contributed by atoms with E-state index < -0.39 is 119 Å². The molecule has 7 N–H and O–H groups in total. The van der Waals surface area contributed by atoms with E-state index in [1.165, 1.54) is 12.1 Å². The second-order valence-electron chi connectivity index (χ2n) is 26.1. The standard InChI is InChI=1S/C60H93N9O15/c1-36-29-41(70)30-37(2)42(36)33-43(64-49(68-53(77)83-59(15,16)17)69-54(78)84-60(18,19)20)44(71)32-39(27-24-28-61-48(66-51(75)81-57(9,10)11)67-52(76)82-58(12,13)14)47(73)62-35-40(31-38-25-22-21-23-26-38)63-45(34-46(72)79-55(3,4)5)65-50(74)80-56(6,7)8/h21-23,25-26,29-30,39-40,43,70H,24,27-28,31-35H2,1-20H3,(H,62,73)(H,63,65,74)(H2,61,66,67,75,76)(H2,64,68,69,77,78)/t39-,40-,43-/m0/s1. The highest BCUT2D eigenvalue weighted by atomic mass is 16.6. The van der Waals surface area contributed by atoms with Crippen LogP contribution in [0.2, 0.25) is 0 Å². The van der Waals surface area contributed by atoms with Gasteiger partial charge in [-0.15, -0.1) is 0 Å². The molecular weight excluding hydrogens is 1090 g/mol. The van der Waals surface area contributed by atoms with Crippen LogP contribution in [0.1, 0.15) is 173 Å². The number of alkyl carbamates (subject to hydrolysis) is 5. The third kappa shape index (κ3) is 32.7. The SMILES string of the molecule is Cc1cc(O)cc(C)c1C[C@H](N=C(NC(=O)OC(C)(C)C)NC(=O)OC(C)(C)C)C(=O)C[C@H](CCCN=C(NC(=O)OC(C)(C)C)NC(=O)OC(C)(C)C)C(=O)NC[C@H](Cc1ccccc1)N=C(CC(=O)OC(C)(C)C)NC(=O)OC(C)(C)C. The average Bonchev–Trinajstić information content (AvgIpc) is 3.07. The fourth-order valence-corrected chi connectivity index (χ4v) is 7.60. The van der Waals surface area contributed by atoms with Crippen LogP contribution in [-0.2, 0) is 55.6 Å². The van der Waals surface area contributed by atoms with Gasteiger partial charge in [0.2, 0.25) is 17.8 Å². The van der Waals surface area contributed by atoms with Crippen LogP contribution in [0, 0.1) is 19.8 Å². The van der Waals surface area contributed by atoms with Crippen molar-refractivity contribution in [1.29, 1.82) is 0 Å². The summed E-state index contributed by atoms with van der Waals surface area (Å²) in [4.78, 5) is 123. The number of guanidine groups is 2. The number of benzene rings is 2. The molecule has 3 atom stereocenters. The molecule has 24 heteroatoms. The minimum atomic E-state index is -1.44. The van der Waals surface area contributed by atoms with Crippen molar-refractivity contribution in [2.45, 2.75) is 223 Å². The number of rotatable bonds is 18. The molecule has 6 amide bonds. The molecule has 0 spiro atoms. The maximum atomic E-state index is 15.2. The van der Waals surface area contributed by atoms with Crippen molar-refractivity contribution in [2.75, 3.05) is 13.1 Å². The summed E-state index contributed by atoms with van der Waals surface area (Å²) in [6.45, 7) is 32.8. The van der Waals surface area contributed by atoms with Crippen LogP contribution < -0.4 is 31.9 Å². The van der Waals surface area contributed by atoms with E-state index in [1.807, 2.05) is 30.3 Å². The third-order valence-electron chi connectivity index (χ3n) is 10.6. The van der Waals surface area contributed by atoms with Gasteiger partial charge in [0.05, 0.1) is 6.04 Å². The van der Waals surface area contributed by atoms with Gasteiger partial charge in [0, 0.05) is 31.8 Å². The number of aliphatic imine (C=N–C) groups is 3. The van der Waals surface area contributed by atoms with E-state index >= 15 is 4.79 Å². The molecular formula is C60H93N9O15. The molecule has 0 aliphatic heterocycles. The number of nitrogens with zero attached hydrogens (tertiary/aromatic N) is 3. The molecule has 0 aliphatic rings. The van der Waals surface area contributed by atoms with E-state index in [-0.39, 0.29) is 56.3 Å². The van der Waals surface area contributed by atoms with Gasteiger partial charge in [0.1, 0.15) is 57.7 Å². The maximum Gasteiger partial charge on any atom is 0.414 e. The normalized spacial score (nSPS) is 13.3. The van der Waals surface area contributed by atoms with Gasteiger partial charge in [-0.25, -0.2) is 29.0 Å². The Morgan fingerprint density at radius 2 is 0.952 bits per heavy atom. The molecule has 0 radical (unpaired) electrons. The molecule has 2 aromatic carbocycles. The number of phenols is 1. The fraction of sp³-hybridized carbons (Fsp3) is 0.617. The topological polar surface area (TPSA) is 321 Å². The summed E-state index contributed by atoms with van der Waals surface area (Å²) in [5.74, 6) is -4.14. The number of hydrogen-bond acceptors (Lipinski definition) is 18. The summed E-state index contributed by atoms with van der Waals surface area (Å²) < 4.78 is 32.8. The van der Waals surface area contributed by atoms with Crippen molar-refractivity contribution in [2.24, 2.45) is 20.9 Å². The Morgan fingerprint density at radius 1 is 0.536 bits per heavy atom. The van der Waals surface area contributed by atoms with Gasteiger partial charge < -0.3 is 38.8 Å². The van der Waals surface area contributed by atoms with Crippen molar-refractivity contribution in [3.63, 3.8) is 0 Å². The smallest absolute Gasteiger partial charge is 0.414 e. The quantitative estimate of drug-likeness (QED) is 0.0240. The molecule has 0 unspecified atom stereocenters. The van der Waals surface area contributed by atoms with Gasteiger partial charge in [-0.2, -0.15) is 0 Å². The van der Waals surface area contributed by atoms with Crippen LogP contribution in [0.15, 0.2) is 57.4 Å². The molecule has 2 aromatic rings. The number of ether oxygens (including phenoxy) is 6. The van der Waals surface area contributed by atoms with Gasteiger partial charge in [-0.1, -0.05) is 30.3 Å². The van der Waals surface area contributed by atoms with Crippen LogP contribution in [0.4, 0.5) is 24.0 Å². The number of aromatic hydroxyl groups is 1. The van der Waals surface area contributed by atoms with Crippen molar-refractivity contribution in [3.8, 4) is 5.75 Å². The molecule has 0 saturated heterocycles. The van der Waals surface area contributed by atoms with Gasteiger partial charge >= 0.3 is 36.4 Å². The van der Waals surface area contributed by atoms with E-state index in [0.29, 0.717) is 16.7 Å². The summed E-state index contributed by atoms with van der Waals surface area (Å²) >= 11 is 0. The number of esters is 1. The van der Waals surface area contributed by atoms with Crippen LogP contribution in [0.3, 0.4) is 0 Å². The lowest BCUT2D eigenvalue weighted by molar-refractivity contribution is -0.153. The molecule has 468 valence electrons. The zero-order valence-corrected chi connectivity index (χ0v) is 52.9. The van der Waals surface area contributed by atoms with E-state index in [2.05, 4.69) is 41.9 Å². The first-order valence-corrected chi connectivity index (χ1v) is 27.9. The van der Waals surface area contributed by atoms with E-state index in [4.69, 9.17) is 33.4 Å². The predicted octanol–water partition coefficient (Wildman–Crippen LogP) is 9.47. The second kappa shape index (κ2) is 31.2. The average molecular weight is 1180 g/mol. The number of carbonyl (C=O) groups excluding carboxylic acids is 8. The Bertz CT molecular complexity index is 2580. The Morgan fingerprint density at radius 3 is 1.38 bits per heavy atom. The van der Waals surface area contributed by atoms with Gasteiger partial charge in [-0.05, 0) is 192 Å². The molecule has 0 fully saturated rings. The lowest BCUT2D eigenvalue weighted by Crippen LogP contribution is -2.48. The van der Waals surface area contributed by atoms with Crippen molar-refractivity contribution < 1.29 is 71.9 Å². The van der Waals surface area contributed by atoms with Gasteiger partial charge in [0.25, 0.3) is 0 Å². The van der Waals surface area contributed by atoms with Crippen LogP contribution >= 0.6 is 0 Å². The summed E-state index contributed by atoms with van der Waals surface area (Å²) in [7, 11) is 0. The van der Waals surface area contributed by atoms with Crippen molar-refractivity contribution in [1.82, 2.24) is 31.9 Å². The lowest BCUT2D eigenvalue weighted by atomic mass is 9.89. The zero-order chi connectivity index (χ0) is 64.2. The molecule has 0 aliphatic carbocycles. The Labute approximate surface area is 495 Å². The molecule has 0 heterocycles. The number of Topliss-reactive ketones (excluding diaryl/α,β-unsaturated/α-hetero) is 1. The Kier molecular flexibility index (Phi) is 26.9. The first-order chi connectivity index (χ1) is 38.3. The van der Waals surface area contributed by atoms with Crippen molar-refractivity contribution >= 4 is 65.9 Å². The minimum absolute atomic E-state index is 0.0309. The summed E-state index contributed by atoms with van der Waals surface area (Å²) in [6.07, 6.45) is -5.76. The number of amides is 6. The predicted molar refractivity (Wildman–Crippen MR) is 319 cm³/mol. The minimum Gasteiger partial charge on any atom is -0.508 e. The highest BCUT2D eigenvalue weighted by Crippen LogP contribution is 2.25. The number of hydrogen-bond donors (Lipinski definition) is 7. The van der Waals surface area contributed by atoms with E-state index in [0.717, 1.165) is 5.56 Å². The van der Waals surface area contributed by atoms with Gasteiger partial charge in [0.15, 0.2) is 5.78 Å². The van der Waals surface area contributed by atoms with Crippen LogP contribution in [-0.4, -0.2) is 130 Å². The first kappa shape index (κ1) is 72.3. The number of aryl methyl sites for hydroxylation is 2. The monoisotopic (exact) mass is 1180 g/mol. The molecule has 84 heavy (non-hydrogen) atoms. The van der Waals surface area contributed by atoms with Crippen molar-refractivity contribution in [3.05, 3.63) is 64.7 Å². The Hall–Kier alpha value is -7.79. The zero-order valence-electron chi connectivity index (χ0n) is 52.9. The lowest BCUT2D eigenvalue weighted by Gasteiger charge is -2.24. The van der Waals surface area contributed by atoms with Crippen LogP contribution in [0.25, 0.3) is 0 Å². The summed E-state index contributed by atoms with van der Waals surface area (Å²) in [6, 6.07) is 9.84. The maximum absolute atomic E-state index is 15.2. The highest BCUT2D eigenvalue weighted by Gasteiger charge is 2.31. The molecule has 0 bridgehead atoms. The number of nitrogens with one attached hydrogen (secondary N) is 6. The summed E-state index contributed by atoms with van der Waals surface area (Å²) in [5.41, 5.74) is -3.11. The van der Waals surface area contributed by atoms with E-state index in [1.54, 1.807) is 138 Å². The molecule has 24 nitrogen and oxygen atoms in total. The molecule has 2 rings (SSSR count). The number of amidine groups is 1. The molecule has 0 saturated carbocycles. The van der Waals surface area contributed by atoms with E-state index in [9.17, 15) is 38.7 Å². The fourth-order valence-electron chi connectivity index (χ4n) is 7.60. The van der Waals surface area contributed by atoms with Gasteiger partial charge in [-0.3, -0.25) is 51.0 Å². The Balaban J connectivity index is 2.91. The first-order valence-electron chi connectivity index (χ1n) is 27.9. The summed E-state index contributed by atoms with van der Waals surface area (Å²) in [5, 5.41) is 25.7. The number of phenolic OH excluding ortho intramolecular Hbond substituents is 1. The number of carbonyl (C=O) groups is 8. The molecule has 0 aromatic heterocycles. The third-order valence-corrected chi connectivity index (χ3v) is 10.6. The number of ketones is 1. The largest absolute Gasteiger partial charge is 0.508 e. The second-order valence-corrected chi connectivity index (χ2v) is 26.1. The van der Waals surface area contributed by atoms with Crippen LogP contribution in [0.5, 0.6) is 5.75 Å².